The highest BCUT2D eigenvalue weighted by Crippen LogP contribution is 2.38. The number of benzene rings is 2. The van der Waals surface area contributed by atoms with E-state index in [9.17, 15) is 4.79 Å². The maximum Gasteiger partial charge on any atom is 0.266 e. The molecule has 1 aliphatic rings. The molecule has 2 aromatic carbocycles. The fraction of sp³-hybridized carbons (Fsp3) is 0.273. The molecule has 0 saturated carbocycles. The first-order chi connectivity index (χ1) is 14.5. The molecule has 1 heterocycles. The molecule has 6 nitrogen and oxygen atoms in total. The van der Waals surface area contributed by atoms with Gasteiger partial charge in [0.15, 0.2) is 16.7 Å². The number of amidine groups is 1. The molecule has 30 heavy (non-hydrogen) atoms. The van der Waals surface area contributed by atoms with Crippen LogP contribution in [0.25, 0.3) is 6.08 Å². The highest BCUT2D eigenvalue weighted by Gasteiger charge is 2.32. The average Bonchev–Trinajstić information content (AvgIpc) is 3.02. The molecule has 0 N–H and O–H groups in total. The number of hydrogen-bond donors (Lipinski definition) is 0. The lowest BCUT2D eigenvalue weighted by Gasteiger charge is -2.12. The molecule has 0 spiro atoms. The average molecular weight is 538 g/mol. The third-order valence-corrected chi connectivity index (χ3v) is 6.14. The number of carbonyl (C=O) groups excluding carboxylic acids is 1. The second kappa shape index (κ2) is 10.2. The van der Waals surface area contributed by atoms with Crippen molar-refractivity contribution < 1.29 is 19.0 Å². The van der Waals surface area contributed by atoms with E-state index in [0.717, 1.165) is 20.6 Å². The molecule has 1 fully saturated rings. The number of nitrogens with zero attached hydrogens (tertiary/aromatic N) is 2. The molecule has 0 bridgehead atoms. The summed E-state index contributed by atoms with van der Waals surface area (Å²) in [5.41, 5.74) is 1.64. The van der Waals surface area contributed by atoms with Crippen molar-refractivity contribution in [1.82, 2.24) is 4.90 Å². The van der Waals surface area contributed by atoms with Gasteiger partial charge in [-0.15, -0.1) is 0 Å². The molecule has 2 aromatic rings. The van der Waals surface area contributed by atoms with E-state index in [-0.39, 0.29) is 5.91 Å². The molecule has 3 rings (SSSR count). The number of ether oxygens (including phenoxy) is 3. The van der Waals surface area contributed by atoms with Gasteiger partial charge in [-0.25, -0.2) is 4.99 Å². The Morgan fingerprint density at radius 3 is 2.47 bits per heavy atom. The van der Waals surface area contributed by atoms with Crippen LogP contribution in [0.2, 0.25) is 0 Å². The van der Waals surface area contributed by atoms with Crippen molar-refractivity contribution in [3.05, 3.63) is 50.4 Å². The van der Waals surface area contributed by atoms with Crippen LogP contribution in [0.5, 0.6) is 17.2 Å². The summed E-state index contributed by atoms with van der Waals surface area (Å²) in [4.78, 5) is 19.9. The van der Waals surface area contributed by atoms with Gasteiger partial charge in [0.25, 0.3) is 5.91 Å². The minimum atomic E-state index is -0.0569. The van der Waals surface area contributed by atoms with Gasteiger partial charge in [0, 0.05) is 6.54 Å². The van der Waals surface area contributed by atoms with Crippen molar-refractivity contribution in [3.63, 3.8) is 0 Å². The van der Waals surface area contributed by atoms with Crippen LogP contribution in [-0.2, 0) is 4.79 Å². The SMILES string of the molecule is CCOc1cc(/C=C2\SC(=Nc3ccc(OC)cc3)N(CC)C2=O)cc(I)c1OC. The number of hydrogen-bond acceptors (Lipinski definition) is 6. The van der Waals surface area contributed by atoms with Crippen LogP contribution in [0, 0.1) is 3.57 Å². The Bertz CT molecular complexity index is 989. The zero-order valence-corrected chi connectivity index (χ0v) is 20.2. The van der Waals surface area contributed by atoms with Gasteiger partial charge >= 0.3 is 0 Å². The van der Waals surface area contributed by atoms with Gasteiger partial charge in [0.2, 0.25) is 0 Å². The lowest BCUT2D eigenvalue weighted by molar-refractivity contribution is -0.122. The summed E-state index contributed by atoms with van der Waals surface area (Å²) in [6.07, 6.45) is 1.87. The van der Waals surface area contributed by atoms with Gasteiger partial charge < -0.3 is 14.2 Å². The minimum Gasteiger partial charge on any atom is -0.497 e. The molecule has 1 aliphatic heterocycles. The molecule has 1 amide bonds. The van der Waals surface area contributed by atoms with Crippen LogP contribution in [0.3, 0.4) is 0 Å². The number of amides is 1. The van der Waals surface area contributed by atoms with Crippen LogP contribution in [0.1, 0.15) is 19.4 Å². The Kier molecular flexibility index (Phi) is 7.65. The third kappa shape index (κ3) is 4.92. The normalized spacial score (nSPS) is 16.4. The summed E-state index contributed by atoms with van der Waals surface area (Å²) < 4.78 is 17.3. The van der Waals surface area contributed by atoms with E-state index in [0.29, 0.717) is 34.7 Å². The van der Waals surface area contributed by atoms with Crippen molar-refractivity contribution in [2.45, 2.75) is 13.8 Å². The number of carbonyl (C=O) groups is 1. The Morgan fingerprint density at radius 1 is 1.13 bits per heavy atom. The smallest absolute Gasteiger partial charge is 0.266 e. The monoisotopic (exact) mass is 538 g/mol. The van der Waals surface area contributed by atoms with Crippen LogP contribution in [0.15, 0.2) is 46.3 Å². The maximum atomic E-state index is 12.9. The molecule has 0 atom stereocenters. The summed E-state index contributed by atoms with van der Waals surface area (Å²) in [5, 5.41) is 0.659. The summed E-state index contributed by atoms with van der Waals surface area (Å²) in [7, 11) is 3.25. The number of rotatable bonds is 7. The molecule has 1 saturated heterocycles. The van der Waals surface area contributed by atoms with Crippen LogP contribution in [-0.4, -0.2) is 43.3 Å². The molecular formula is C22H23IN2O4S. The third-order valence-electron chi connectivity index (χ3n) is 4.34. The van der Waals surface area contributed by atoms with Crippen molar-refractivity contribution >= 4 is 57.2 Å². The van der Waals surface area contributed by atoms with Crippen molar-refractivity contribution in [1.29, 1.82) is 0 Å². The van der Waals surface area contributed by atoms with Gasteiger partial charge in [0.05, 0.1) is 35.0 Å². The van der Waals surface area contributed by atoms with E-state index >= 15 is 0 Å². The van der Waals surface area contributed by atoms with Gasteiger partial charge in [-0.3, -0.25) is 9.69 Å². The number of aliphatic imine (C=N–C) groups is 1. The molecule has 0 unspecified atom stereocenters. The van der Waals surface area contributed by atoms with E-state index in [1.165, 1.54) is 11.8 Å². The second-order valence-electron chi connectivity index (χ2n) is 6.22. The Labute approximate surface area is 194 Å². The molecular weight excluding hydrogens is 515 g/mol. The lowest BCUT2D eigenvalue weighted by Crippen LogP contribution is -2.28. The van der Waals surface area contributed by atoms with Gasteiger partial charge in [-0.05, 0) is 96.2 Å². The zero-order chi connectivity index (χ0) is 21.7. The standard InChI is InChI=1S/C22H23IN2O4S/c1-5-25-21(26)19(30-22(25)24-15-7-9-16(27-3)10-8-15)13-14-11-17(23)20(28-4)18(12-14)29-6-2/h7-13H,5-6H2,1-4H3/b19-13-,24-22?. The lowest BCUT2D eigenvalue weighted by atomic mass is 10.2. The highest BCUT2D eigenvalue weighted by atomic mass is 127. The Balaban J connectivity index is 1.94. The fourth-order valence-electron chi connectivity index (χ4n) is 2.92. The number of thioether (sulfide) groups is 1. The van der Waals surface area contributed by atoms with Crippen molar-refractivity contribution in [3.8, 4) is 17.2 Å². The number of methoxy groups -OCH3 is 2. The summed E-state index contributed by atoms with van der Waals surface area (Å²) in [5.74, 6) is 2.07. The van der Waals surface area contributed by atoms with Crippen LogP contribution >= 0.6 is 34.4 Å². The summed E-state index contributed by atoms with van der Waals surface area (Å²) >= 11 is 3.58. The number of likely N-dealkylation sites (N-methyl/N-ethyl adjacent to an activating group) is 1. The van der Waals surface area contributed by atoms with Gasteiger partial charge in [-0.1, -0.05) is 0 Å². The van der Waals surface area contributed by atoms with Gasteiger partial charge in [-0.2, -0.15) is 0 Å². The van der Waals surface area contributed by atoms with Crippen molar-refractivity contribution in [2.75, 3.05) is 27.4 Å². The summed E-state index contributed by atoms with van der Waals surface area (Å²) in [6, 6.07) is 11.3. The van der Waals surface area contributed by atoms with E-state index in [4.69, 9.17) is 14.2 Å². The highest BCUT2D eigenvalue weighted by molar-refractivity contribution is 14.1. The molecule has 8 heteroatoms. The molecule has 0 aromatic heterocycles. The minimum absolute atomic E-state index is 0.0569. The summed E-state index contributed by atoms with van der Waals surface area (Å²) in [6.45, 7) is 4.94. The predicted molar refractivity (Wildman–Crippen MR) is 130 cm³/mol. The van der Waals surface area contributed by atoms with Crippen molar-refractivity contribution in [2.24, 2.45) is 4.99 Å². The van der Waals surface area contributed by atoms with E-state index in [1.807, 2.05) is 56.3 Å². The van der Waals surface area contributed by atoms with Crippen LogP contribution in [0.4, 0.5) is 5.69 Å². The van der Waals surface area contributed by atoms with Crippen LogP contribution < -0.4 is 14.2 Å². The maximum absolute atomic E-state index is 12.9. The largest absolute Gasteiger partial charge is 0.497 e. The van der Waals surface area contributed by atoms with E-state index < -0.39 is 0 Å². The molecule has 158 valence electrons. The second-order valence-corrected chi connectivity index (χ2v) is 8.39. The van der Waals surface area contributed by atoms with Gasteiger partial charge in [0.1, 0.15) is 5.75 Å². The molecule has 0 aliphatic carbocycles. The first-order valence-electron chi connectivity index (χ1n) is 9.45. The quantitative estimate of drug-likeness (QED) is 0.353. The fourth-order valence-corrected chi connectivity index (χ4v) is 4.83. The number of halogens is 1. The predicted octanol–water partition coefficient (Wildman–Crippen LogP) is 5.33. The van der Waals surface area contributed by atoms with E-state index in [1.54, 1.807) is 19.1 Å². The first kappa shape index (κ1) is 22.5. The molecule has 0 radical (unpaired) electrons. The Morgan fingerprint density at radius 2 is 1.87 bits per heavy atom. The Hall–Kier alpha value is -2.20. The topological polar surface area (TPSA) is 60.4 Å². The van der Waals surface area contributed by atoms with E-state index in [2.05, 4.69) is 27.6 Å². The zero-order valence-electron chi connectivity index (χ0n) is 17.3. The first-order valence-corrected chi connectivity index (χ1v) is 11.3.